The number of carbonyl (C=O) groups is 2. The lowest BCUT2D eigenvalue weighted by molar-refractivity contribution is -0.129. The Labute approximate surface area is 211 Å². The van der Waals surface area contributed by atoms with Gasteiger partial charge in [-0.1, -0.05) is 44.7 Å². The topological polar surface area (TPSA) is 123 Å². The van der Waals surface area contributed by atoms with E-state index >= 15 is 0 Å². The summed E-state index contributed by atoms with van der Waals surface area (Å²) in [7, 11) is 0. The molecule has 0 aliphatic carbocycles. The van der Waals surface area contributed by atoms with Crippen LogP contribution >= 0.6 is 0 Å². The number of phenols is 1. The molecule has 0 aliphatic heterocycles. The second-order valence-corrected chi connectivity index (χ2v) is 8.88. The average Bonchev–Trinajstić information content (AvgIpc) is 2.84. The minimum atomic E-state index is -0.680. The van der Waals surface area contributed by atoms with Gasteiger partial charge in [-0.3, -0.25) is 9.59 Å². The second-order valence-electron chi connectivity index (χ2n) is 8.88. The van der Waals surface area contributed by atoms with E-state index in [2.05, 4.69) is 17.6 Å². The molecule has 0 saturated heterocycles. The maximum Gasteiger partial charge on any atom is 0.242 e. The van der Waals surface area contributed by atoms with Gasteiger partial charge in [-0.2, -0.15) is 0 Å². The summed E-state index contributed by atoms with van der Waals surface area (Å²) in [5.74, 6) is -0.192. The van der Waals surface area contributed by atoms with E-state index in [-0.39, 0.29) is 17.6 Å². The summed E-state index contributed by atoms with van der Waals surface area (Å²) in [6, 6.07) is 6.10. The zero-order valence-electron chi connectivity index (χ0n) is 21.6. The molecule has 8 heteroatoms. The molecule has 200 valence electrons. The third kappa shape index (κ3) is 17.0. The van der Waals surface area contributed by atoms with E-state index in [9.17, 15) is 14.7 Å². The molecule has 0 unspecified atom stereocenters. The Morgan fingerprint density at radius 2 is 1.63 bits per heavy atom. The van der Waals surface area contributed by atoms with Crippen LogP contribution in [0.15, 0.2) is 24.3 Å². The highest BCUT2D eigenvalue weighted by Gasteiger charge is 2.21. The van der Waals surface area contributed by atoms with Crippen LogP contribution in [-0.4, -0.2) is 62.5 Å². The minimum Gasteiger partial charge on any atom is -0.508 e. The van der Waals surface area contributed by atoms with Crippen molar-refractivity contribution in [2.24, 2.45) is 5.73 Å². The van der Waals surface area contributed by atoms with Crippen LogP contribution in [0.25, 0.3) is 0 Å². The van der Waals surface area contributed by atoms with Crippen LogP contribution in [0.3, 0.4) is 0 Å². The highest BCUT2D eigenvalue weighted by molar-refractivity contribution is 5.87. The molecule has 0 heterocycles. The summed E-state index contributed by atoms with van der Waals surface area (Å²) in [5.41, 5.74) is 6.22. The van der Waals surface area contributed by atoms with Crippen molar-refractivity contribution in [3.8, 4) is 5.75 Å². The molecule has 1 atom stereocenters. The fraction of sp³-hybridized carbons (Fsp3) is 0.704. The number of amides is 2. The summed E-state index contributed by atoms with van der Waals surface area (Å²) < 4.78 is 11.1. The zero-order chi connectivity index (χ0) is 25.6. The van der Waals surface area contributed by atoms with Gasteiger partial charge in [-0.25, -0.2) is 0 Å². The molecule has 0 saturated carbocycles. The van der Waals surface area contributed by atoms with E-state index in [1.54, 1.807) is 18.2 Å². The van der Waals surface area contributed by atoms with Crippen LogP contribution in [0.2, 0.25) is 0 Å². The van der Waals surface area contributed by atoms with Gasteiger partial charge in [-0.15, -0.1) is 0 Å². The molecule has 2 amide bonds. The Morgan fingerprint density at radius 3 is 2.31 bits per heavy atom. The molecule has 5 N–H and O–H groups in total. The lowest BCUT2D eigenvalue weighted by atomic mass is 10.0. The number of hydrogen-bond donors (Lipinski definition) is 4. The lowest BCUT2D eigenvalue weighted by Gasteiger charge is -2.19. The predicted octanol–water partition coefficient (Wildman–Crippen LogP) is 3.45. The van der Waals surface area contributed by atoms with Gasteiger partial charge in [0, 0.05) is 45.8 Å². The van der Waals surface area contributed by atoms with Crippen molar-refractivity contribution in [2.75, 3.05) is 39.5 Å². The molecule has 35 heavy (non-hydrogen) atoms. The number of ether oxygens (including phenoxy) is 2. The number of nitrogens with two attached hydrogens (primary N) is 1. The number of phenolic OH excluding ortho intramolecular Hbond substituents is 1. The van der Waals surface area contributed by atoms with Crippen molar-refractivity contribution in [2.45, 2.75) is 83.6 Å². The smallest absolute Gasteiger partial charge is 0.242 e. The van der Waals surface area contributed by atoms with E-state index < -0.39 is 6.04 Å². The van der Waals surface area contributed by atoms with Crippen LogP contribution in [-0.2, 0) is 25.5 Å². The fourth-order valence-electron chi connectivity index (χ4n) is 3.59. The highest BCUT2D eigenvalue weighted by atomic mass is 16.5. The predicted molar refractivity (Wildman–Crippen MR) is 139 cm³/mol. The molecular weight excluding hydrogens is 446 g/mol. The number of benzene rings is 1. The maximum absolute atomic E-state index is 12.8. The van der Waals surface area contributed by atoms with E-state index in [4.69, 9.17) is 15.2 Å². The molecule has 1 rings (SSSR count). The molecule has 0 bridgehead atoms. The number of rotatable bonds is 22. The molecule has 1 aromatic carbocycles. The van der Waals surface area contributed by atoms with Gasteiger partial charge in [0.2, 0.25) is 11.8 Å². The molecule has 0 spiro atoms. The van der Waals surface area contributed by atoms with Gasteiger partial charge in [0.15, 0.2) is 0 Å². The van der Waals surface area contributed by atoms with Gasteiger partial charge >= 0.3 is 0 Å². The summed E-state index contributed by atoms with van der Waals surface area (Å²) in [5, 5.41) is 15.5. The third-order valence-electron chi connectivity index (χ3n) is 5.59. The van der Waals surface area contributed by atoms with E-state index in [1.807, 2.05) is 6.07 Å². The third-order valence-corrected chi connectivity index (χ3v) is 5.59. The van der Waals surface area contributed by atoms with Crippen LogP contribution < -0.4 is 16.4 Å². The molecular formula is C27H47N3O5. The summed E-state index contributed by atoms with van der Waals surface area (Å²) in [6.45, 7) is 5.96. The minimum absolute atomic E-state index is 0.114. The Kier molecular flexibility index (Phi) is 18.7. The molecule has 0 aliphatic rings. The lowest BCUT2D eigenvalue weighted by Crippen LogP contribution is -2.48. The molecule has 0 fully saturated rings. The Balaban J connectivity index is 2.33. The molecule has 8 nitrogen and oxygen atoms in total. The van der Waals surface area contributed by atoms with Crippen molar-refractivity contribution in [1.29, 1.82) is 0 Å². The van der Waals surface area contributed by atoms with Crippen LogP contribution in [0.5, 0.6) is 5.75 Å². The SMILES string of the molecule is CCCCCCCC(=O)N[C@@H](Cc1cccc(O)c1)C(=O)NCCCOCCCCOCCCN. The number of unbranched alkanes of at least 4 members (excludes halogenated alkanes) is 5. The normalized spacial score (nSPS) is 11.8. The number of aromatic hydroxyl groups is 1. The van der Waals surface area contributed by atoms with Crippen molar-refractivity contribution >= 4 is 11.8 Å². The largest absolute Gasteiger partial charge is 0.508 e. The fourth-order valence-corrected chi connectivity index (χ4v) is 3.59. The van der Waals surface area contributed by atoms with Gasteiger partial charge < -0.3 is 30.9 Å². The highest BCUT2D eigenvalue weighted by Crippen LogP contribution is 2.13. The molecule has 0 aromatic heterocycles. The summed E-state index contributed by atoms with van der Waals surface area (Å²) >= 11 is 0. The maximum atomic E-state index is 12.8. The van der Waals surface area contributed by atoms with Crippen LogP contribution in [0, 0.1) is 0 Å². The van der Waals surface area contributed by atoms with Crippen molar-refractivity contribution in [3.05, 3.63) is 29.8 Å². The van der Waals surface area contributed by atoms with E-state index in [1.165, 1.54) is 6.42 Å². The van der Waals surface area contributed by atoms with Gasteiger partial charge in [0.25, 0.3) is 0 Å². The first-order valence-electron chi connectivity index (χ1n) is 13.3. The number of carbonyl (C=O) groups excluding carboxylic acids is 2. The van der Waals surface area contributed by atoms with Crippen LogP contribution in [0.1, 0.15) is 76.7 Å². The molecule has 1 aromatic rings. The Bertz CT molecular complexity index is 687. The summed E-state index contributed by atoms with van der Waals surface area (Å²) in [6.07, 6.45) is 9.53. The molecule has 0 radical (unpaired) electrons. The zero-order valence-corrected chi connectivity index (χ0v) is 21.6. The summed E-state index contributed by atoms with van der Waals surface area (Å²) in [4.78, 5) is 25.3. The second kappa shape index (κ2) is 21.1. The first kappa shape index (κ1) is 30.9. The average molecular weight is 494 g/mol. The first-order chi connectivity index (χ1) is 17.1. The quantitative estimate of drug-likeness (QED) is 0.184. The van der Waals surface area contributed by atoms with Gasteiger partial charge in [0.1, 0.15) is 11.8 Å². The van der Waals surface area contributed by atoms with E-state index in [0.29, 0.717) is 52.2 Å². The van der Waals surface area contributed by atoms with Crippen molar-refractivity contribution in [1.82, 2.24) is 10.6 Å². The first-order valence-corrected chi connectivity index (χ1v) is 13.3. The van der Waals surface area contributed by atoms with Gasteiger partial charge in [0.05, 0.1) is 0 Å². The Morgan fingerprint density at radius 1 is 0.943 bits per heavy atom. The number of nitrogens with one attached hydrogen (secondary N) is 2. The van der Waals surface area contributed by atoms with Crippen molar-refractivity contribution in [3.63, 3.8) is 0 Å². The Hall–Kier alpha value is -2.16. The van der Waals surface area contributed by atoms with Crippen molar-refractivity contribution < 1.29 is 24.2 Å². The monoisotopic (exact) mass is 493 g/mol. The van der Waals surface area contributed by atoms with Crippen LogP contribution in [0.4, 0.5) is 0 Å². The van der Waals surface area contributed by atoms with Gasteiger partial charge in [-0.05, 0) is 56.3 Å². The number of hydrogen-bond acceptors (Lipinski definition) is 6. The van der Waals surface area contributed by atoms with E-state index in [0.717, 1.165) is 57.1 Å². The standard InChI is InChI=1S/C27H47N3O5/c1-2-3-4-5-6-14-26(32)30-25(22-23-12-9-13-24(31)21-23)27(33)29-16-11-20-35-18-8-7-17-34-19-10-15-28/h9,12-13,21,25,31H,2-8,10-11,14-20,22,28H2,1H3,(H,29,33)(H,30,32)/t25-/m0/s1.